The fraction of sp³-hybridized carbons (Fsp3) is 0.944. The molecule has 19 heteroatoms. The van der Waals surface area contributed by atoms with E-state index in [1.807, 2.05) is 0 Å². The summed E-state index contributed by atoms with van der Waals surface area (Å²) >= 11 is 0. The predicted octanol–water partition coefficient (Wildman–Crippen LogP) is 20.6. The van der Waals surface area contributed by atoms with Crippen molar-refractivity contribution in [3.63, 3.8) is 0 Å². The predicted molar refractivity (Wildman–Crippen MR) is 368 cm³/mol. The Kier molecular flexibility index (Phi) is 61.5. The minimum atomic E-state index is -4.95. The zero-order valence-corrected chi connectivity index (χ0v) is 61.1. The van der Waals surface area contributed by atoms with Gasteiger partial charge in [0.1, 0.15) is 19.3 Å². The Labute approximate surface area is 556 Å². The first-order chi connectivity index (χ1) is 43.8. The van der Waals surface area contributed by atoms with Crippen LogP contribution in [0.4, 0.5) is 0 Å². The van der Waals surface area contributed by atoms with Crippen LogP contribution in [0.15, 0.2) is 0 Å². The molecule has 0 spiro atoms. The molecule has 6 atom stereocenters. The molecule has 0 radical (unpaired) electrons. The summed E-state index contributed by atoms with van der Waals surface area (Å²) in [6, 6.07) is 0. The average molecular weight is 1340 g/mol. The second-order valence-electron chi connectivity index (χ2n) is 27.2. The minimum Gasteiger partial charge on any atom is -0.462 e. The van der Waals surface area contributed by atoms with Crippen molar-refractivity contribution in [2.45, 2.75) is 381 Å². The number of ether oxygens (including phenoxy) is 4. The highest BCUT2D eigenvalue weighted by molar-refractivity contribution is 7.47. The third-order valence-corrected chi connectivity index (χ3v) is 18.9. The van der Waals surface area contributed by atoms with Gasteiger partial charge in [-0.15, -0.1) is 0 Å². The summed E-state index contributed by atoms with van der Waals surface area (Å²) < 4.78 is 68.3. The zero-order chi connectivity index (χ0) is 67.3. The van der Waals surface area contributed by atoms with Crippen LogP contribution in [0, 0.1) is 17.8 Å². The maximum atomic E-state index is 13.0. The van der Waals surface area contributed by atoms with Gasteiger partial charge in [0.25, 0.3) is 0 Å². The van der Waals surface area contributed by atoms with Crippen molar-refractivity contribution in [1.29, 1.82) is 0 Å². The normalized spacial score (nSPS) is 14.5. The summed E-state index contributed by atoms with van der Waals surface area (Å²) in [5.41, 5.74) is 0. The van der Waals surface area contributed by atoms with E-state index >= 15 is 0 Å². The van der Waals surface area contributed by atoms with E-state index in [4.69, 9.17) is 37.0 Å². The van der Waals surface area contributed by atoms with Crippen LogP contribution >= 0.6 is 15.6 Å². The highest BCUT2D eigenvalue weighted by Gasteiger charge is 2.30. The SMILES string of the molecule is CCCCCCCCCC(=O)OC[C@H](COP(=O)(O)OC[C@H](O)COP(=O)(O)OC[C@@H](COC(=O)CCCCCCCCCCCCCC(C)C)OC(=O)CCCCCCCCCCCCCCCCCC(C)C)OC(=O)CCCCCCCCCCC(C)CC. The second kappa shape index (κ2) is 62.8. The number of phosphoric ester groups is 2. The number of aliphatic hydroxyl groups excluding tert-OH is 1. The van der Waals surface area contributed by atoms with E-state index in [9.17, 15) is 43.2 Å². The molecule has 3 unspecified atom stereocenters. The van der Waals surface area contributed by atoms with E-state index in [1.165, 1.54) is 161 Å². The van der Waals surface area contributed by atoms with Crippen LogP contribution in [0.1, 0.15) is 363 Å². The van der Waals surface area contributed by atoms with E-state index in [2.05, 4.69) is 48.5 Å². The van der Waals surface area contributed by atoms with Gasteiger partial charge < -0.3 is 33.8 Å². The molecule has 0 aliphatic heterocycles. The fourth-order valence-electron chi connectivity index (χ4n) is 10.9. The molecule has 91 heavy (non-hydrogen) atoms. The van der Waals surface area contributed by atoms with Gasteiger partial charge in [0.05, 0.1) is 26.4 Å². The highest BCUT2D eigenvalue weighted by atomic mass is 31.2. The van der Waals surface area contributed by atoms with Gasteiger partial charge in [0.2, 0.25) is 0 Å². The Hall–Kier alpha value is -1.94. The number of esters is 4. The van der Waals surface area contributed by atoms with Crippen LogP contribution in [0.3, 0.4) is 0 Å². The van der Waals surface area contributed by atoms with Crippen LogP contribution in [-0.2, 0) is 65.4 Å². The fourth-order valence-corrected chi connectivity index (χ4v) is 12.4. The van der Waals surface area contributed by atoms with E-state index < -0.39 is 97.5 Å². The molecule has 0 heterocycles. The van der Waals surface area contributed by atoms with Crippen molar-refractivity contribution in [3.8, 4) is 0 Å². The highest BCUT2D eigenvalue weighted by Crippen LogP contribution is 2.45. The largest absolute Gasteiger partial charge is 0.472 e. The van der Waals surface area contributed by atoms with Gasteiger partial charge in [-0.05, 0) is 43.4 Å². The van der Waals surface area contributed by atoms with Gasteiger partial charge in [0.15, 0.2) is 12.2 Å². The smallest absolute Gasteiger partial charge is 0.462 e. The Morgan fingerprint density at radius 1 is 0.319 bits per heavy atom. The summed E-state index contributed by atoms with van der Waals surface area (Å²) in [6.07, 6.45) is 47.3. The number of carbonyl (C=O) groups excluding carboxylic acids is 4. The third-order valence-electron chi connectivity index (χ3n) is 17.0. The van der Waals surface area contributed by atoms with Gasteiger partial charge in [-0.25, -0.2) is 9.13 Å². The molecule has 0 aliphatic carbocycles. The summed E-state index contributed by atoms with van der Waals surface area (Å²) in [5, 5.41) is 10.6. The summed E-state index contributed by atoms with van der Waals surface area (Å²) in [5.74, 6) is 0.215. The van der Waals surface area contributed by atoms with Gasteiger partial charge >= 0.3 is 39.5 Å². The monoisotopic (exact) mass is 1340 g/mol. The van der Waals surface area contributed by atoms with Crippen LogP contribution < -0.4 is 0 Å². The second-order valence-corrected chi connectivity index (χ2v) is 30.1. The first-order valence-electron chi connectivity index (χ1n) is 37.4. The lowest BCUT2D eigenvalue weighted by molar-refractivity contribution is -0.161. The van der Waals surface area contributed by atoms with Crippen molar-refractivity contribution in [1.82, 2.24) is 0 Å². The third kappa shape index (κ3) is 65.1. The Bertz CT molecular complexity index is 1790. The maximum absolute atomic E-state index is 13.0. The van der Waals surface area contributed by atoms with Gasteiger partial charge in [0, 0.05) is 25.7 Å². The molecule has 0 aromatic heterocycles. The number of phosphoric acid groups is 2. The van der Waals surface area contributed by atoms with Crippen molar-refractivity contribution in [2.24, 2.45) is 17.8 Å². The van der Waals surface area contributed by atoms with Gasteiger partial charge in [-0.2, -0.15) is 0 Å². The Morgan fingerprint density at radius 2 is 0.560 bits per heavy atom. The Balaban J connectivity index is 5.21. The van der Waals surface area contributed by atoms with Crippen LogP contribution in [0.2, 0.25) is 0 Å². The maximum Gasteiger partial charge on any atom is 0.472 e. The number of rotatable bonds is 70. The van der Waals surface area contributed by atoms with E-state index in [1.54, 1.807) is 0 Å². The molecule has 0 rings (SSSR count). The molecular weight excluding hydrogens is 1200 g/mol. The van der Waals surface area contributed by atoms with Gasteiger partial charge in [-0.1, -0.05) is 312 Å². The lowest BCUT2D eigenvalue weighted by atomic mass is 9.99. The molecule has 540 valence electrons. The molecule has 0 fully saturated rings. The molecule has 0 aliphatic rings. The number of carbonyl (C=O) groups is 4. The molecule has 17 nitrogen and oxygen atoms in total. The quantitative estimate of drug-likeness (QED) is 0.0222. The van der Waals surface area contributed by atoms with Crippen LogP contribution in [0.5, 0.6) is 0 Å². The first-order valence-corrected chi connectivity index (χ1v) is 40.4. The first kappa shape index (κ1) is 89.1. The van der Waals surface area contributed by atoms with Crippen molar-refractivity contribution >= 4 is 39.5 Å². The Morgan fingerprint density at radius 3 is 0.835 bits per heavy atom. The molecule has 0 bridgehead atoms. The summed E-state index contributed by atoms with van der Waals surface area (Å²) in [7, 11) is -9.90. The van der Waals surface area contributed by atoms with Crippen molar-refractivity contribution in [3.05, 3.63) is 0 Å². The molecule has 3 N–H and O–H groups in total. The van der Waals surface area contributed by atoms with Crippen LogP contribution in [0.25, 0.3) is 0 Å². The van der Waals surface area contributed by atoms with Gasteiger partial charge in [-0.3, -0.25) is 37.3 Å². The standard InChI is InChI=1S/C72H140O17P2/c1-8-10-11-12-29-39-46-53-69(74)82-59-67(89-72(77)56-49-42-35-28-27-32-38-45-52-65(7)9-2)61-86-90(78,79)84-57-66(73)58-85-91(80,81)87-62-68(60-83-70(75)54-47-40-33-25-22-18-20-24-31-37-44-51-64(5)6)88-71(76)55-48-41-34-26-21-17-15-13-14-16-19-23-30-36-43-50-63(3)4/h63-68,73H,8-62H2,1-7H3,(H,78,79)(H,80,81)/t65?,66-,67+,68+/m0/s1. The number of hydrogen-bond donors (Lipinski definition) is 3. The van der Waals surface area contributed by atoms with E-state index in [0.29, 0.717) is 25.7 Å². The number of aliphatic hydroxyl groups is 1. The zero-order valence-electron chi connectivity index (χ0n) is 59.3. The molecule has 0 amide bonds. The lowest BCUT2D eigenvalue weighted by Crippen LogP contribution is -2.30. The summed E-state index contributed by atoms with van der Waals surface area (Å²) in [4.78, 5) is 72.5. The van der Waals surface area contributed by atoms with E-state index in [0.717, 1.165) is 120 Å². The van der Waals surface area contributed by atoms with E-state index in [-0.39, 0.29) is 25.7 Å². The topological polar surface area (TPSA) is 237 Å². The molecular formula is C72H140O17P2. The molecule has 0 aromatic carbocycles. The molecule has 0 saturated heterocycles. The van der Waals surface area contributed by atoms with Crippen LogP contribution in [-0.4, -0.2) is 96.7 Å². The number of hydrogen-bond acceptors (Lipinski definition) is 15. The lowest BCUT2D eigenvalue weighted by Gasteiger charge is -2.21. The molecule has 0 saturated carbocycles. The molecule has 0 aromatic rings. The average Bonchev–Trinajstić information content (AvgIpc) is 3.27. The minimum absolute atomic E-state index is 0.104. The van der Waals surface area contributed by atoms with Crippen molar-refractivity contribution < 1.29 is 80.2 Å². The summed E-state index contributed by atoms with van der Waals surface area (Å²) in [6.45, 7) is 11.9. The van der Waals surface area contributed by atoms with Crippen molar-refractivity contribution in [2.75, 3.05) is 39.6 Å². The number of unbranched alkanes of at least 4 members (excludes halogenated alkanes) is 37.